The third kappa shape index (κ3) is 4.81. The van der Waals surface area contributed by atoms with Gasteiger partial charge >= 0.3 is 0 Å². The number of ether oxygens (including phenoxy) is 1. The van der Waals surface area contributed by atoms with Crippen LogP contribution >= 0.6 is 22.9 Å². The molecule has 6 heteroatoms. The highest BCUT2D eigenvalue weighted by Gasteiger charge is 2.15. The molecule has 0 spiro atoms. The zero-order valence-corrected chi connectivity index (χ0v) is 15.1. The zero-order valence-electron chi connectivity index (χ0n) is 13.5. The van der Waals surface area contributed by atoms with Crippen LogP contribution in [0.5, 0.6) is 5.75 Å². The monoisotopic (exact) mass is 350 g/mol. The van der Waals surface area contributed by atoms with E-state index in [4.69, 9.17) is 16.3 Å². The number of carbonyl (C=O) groups excluding carboxylic acids is 1. The highest BCUT2D eigenvalue weighted by molar-refractivity contribution is 7.14. The third-order valence-electron chi connectivity index (χ3n) is 3.24. The summed E-state index contributed by atoms with van der Waals surface area (Å²) in [5.74, 6) is 0.332. The van der Waals surface area contributed by atoms with Crippen LogP contribution in [0.1, 0.15) is 29.2 Å². The standard InChI is InChI=1S/C17H19ClN2O2S/c1-10-9-14(18)6-7-15(10)22-13(4)17(21)20-19-12(3)16-8-5-11(2)23-16/h5-9,13H,1-4H3,(H,20,21)/b19-12+. The van der Waals surface area contributed by atoms with Crippen LogP contribution < -0.4 is 10.2 Å². The first kappa shape index (κ1) is 17.5. The van der Waals surface area contributed by atoms with E-state index >= 15 is 0 Å². The number of thiophene rings is 1. The van der Waals surface area contributed by atoms with Gasteiger partial charge in [-0.3, -0.25) is 4.79 Å². The normalized spacial score (nSPS) is 12.8. The van der Waals surface area contributed by atoms with Crippen LogP contribution in [-0.4, -0.2) is 17.7 Å². The number of rotatable bonds is 5. The smallest absolute Gasteiger partial charge is 0.280 e. The van der Waals surface area contributed by atoms with Crippen molar-refractivity contribution in [1.82, 2.24) is 5.43 Å². The van der Waals surface area contributed by atoms with Crippen LogP contribution in [0, 0.1) is 13.8 Å². The predicted molar refractivity (Wildman–Crippen MR) is 95.7 cm³/mol. The van der Waals surface area contributed by atoms with E-state index in [1.807, 2.05) is 32.9 Å². The number of hydrazone groups is 1. The minimum atomic E-state index is -0.656. The van der Waals surface area contributed by atoms with Crippen molar-refractivity contribution in [3.63, 3.8) is 0 Å². The molecule has 1 aromatic heterocycles. The van der Waals surface area contributed by atoms with Gasteiger partial charge in [0.2, 0.25) is 0 Å². The summed E-state index contributed by atoms with van der Waals surface area (Å²) < 4.78 is 5.67. The molecule has 0 saturated carbocycles. The highest BCUT2D eigenvalue weighted by Crippen LogP contribution is 2.22. The molecule has 0 fully saturated rings. The van der Waals surface area contributed by atoms with E-state index in [2.05, 4.69) is 10.5 Å². The Morgan fingerprint density at radius 3 is 2.65 bits per heavy atom. The minimum Gasteiger partial charge on any atom is -0.481 e. The van der Waals surface area contributed by atoms with Gasteiger partial charge in [-0.2, -0.15) is 5.10 Å². The molecule has 1 aromatic carbocycles. The fourth-order valence-electron chi connectivity index (χ4n) is 1.90. The zero-order chi connectivity index (χ0) is 17.0. The van der Waals surface area contributed by atoms with Crippen molar-refractivity contribution in [2.45, 2.75) is 33.8 Å². The maximum absolute atomic E-state index is 12.1. The van der Waals surface area contributed by atoms with E-state index in [-0.39, 0.29) is 5.91 Å². The van der Waals surface area contributed by atoms with E-state index in [9.17, 15) is 4.79 Å². The van der Waals surface area contributed by atoms with Crippen LogP contribution in [0.15, 0.2) is 35.4 Å². The molecule has 2 aromatic rings. The van der Waals surface area contributed by atoms with E-state index < -0.39 is 6.10 Å². The summed E-state index contributed by atoms with van der Waals surface area (Å²) in [5, 5.41) is 4.77. The number of hydrogen-bond donors (Lipinski definition) is 1. The molecule has 1 unspecified atom stereocenters. The Bertz CT molecular complexity index is 740. The second kappa shape index (κ2) is 7.62. The van der Waals surface area contributed by atoms with E-state index in [0.29, 0.717) is 10.8 Å². The Morgan fingerprint density at radius 1 is 1.30 bits per heavy atom. The van der Waals surface area contributed by atoms with Crippen molar-refractivity contribution in [1.29, 1.82) is 0 Å². The molecular weight excluding hydrogens is 332 g/mol. The number of aryl methyl sites for hydroxylation is 2. The molecule has 0 aliphatic heterocycles. The van der Waals surface area contributed by atoms with Crippen LogP contribution in [0.3, 0.4) is 0 Å². The summed E-state index contributed by atoms with van der Waals surface area (Å²) in [5.41, 5.74) is 4.20. The highest BCUT2D eigenvalue weighted by atomic mass is 35.5. The molecule has 0 saturated heterocycles. The van der Waals surface area contributed by atoms with Gasteiger partial charge in [-0.05, 0) is 63.6 Å². The number of benzene rings is 1. The number of nitrogens with one attached hydrogen (secondary N) is 1. The summed E-state index contributed by atoms with van der Waals surface area (Å²) in [4.78, 5) is 14.3. The summed E-state index contributed by atoms with van der Waals surface area (Å²) in [6.07, 6.45) is -0.656. The maximum Gasteiger partial charge on any atom is 0.280 e. The topological polar surface area (TPSA) is 50.7 Å². The lowest BCUT2D eigenvalue weighted by molar-refractivity contribution is -0.127. The molecule has 1 N–H and O–H groups in total. The Hall–Kier alpha value is -1.85. The first-order valence-electron chi connectivity index (χ1n) is 7.20. The molecule has 1 heterocycles. The molecule has 1 atom stereocenters. The van der Waals surface area contributed by atoms with Crippen LogP contribution in [-0.2, 0) is 4.79 Å². The lowest BCUT2D eigenvalue weighted by Crippen LogP contribution is -2.34. The summed E-state index contributed by atoms with van der Waals surface area (Å²) in [6.45, 7) is 7.46. The molecular formula is C17H19ClN2O2S. The fraction of sp³-hybridized carbons (Fsp3) is 0.294. The number of hydrogen-bond acceptors (Lipinski definition) is 4. The molecule has 0 bridgehead atoms. The lowest BCUT2D eigenvalue weighted by Gasteiger charge is -2.15. The van der Waals surface area contributed by atoms with Crippen molar-refractivity contribution in [3.05, 3.63) is 50.7 Å². The van der Waals surface area contributed by atoms with Crippen molar-refractivity contribution >= 4 is 34.6 Å². The third-order valence-corrected chi connectivity index (χ3v) is 4.59. The van der Waals surface area contributed by atoms with Crippen LogP contribution in [0.2, 0.25) is 5.02 Å². The van der Waals surface area contributed by atoms with Gasteiger partial charge in [-0.15, -0.1) is 11.3 Å². The number of carbonyl (C=O) groups is 1. The summed E-state index contributed by atoms with van der Waals surface area (Å²) in [6, 6.07) is 9.29. The van der Waals surface area contributed by atoms with Crippen molar-refractivity contribution < 1.29 is 9.53 Å². The van der Waals surface area contributed by atoms with Gasteiger partial charge in [0.15, 0.2) is 6.10 Å². The second-order valence-corrected chi connectivity index (χ2v) is 6.98. The molecule has 122 valence electrons. The Kier molecular flexibility index (Phi) is 5.80. The second-order valence-electron chi connectivity index (χ2n) is 5.25. The molecule has 2 rings (SSSR count). The Balaban J connectivity index is 1.97. The molecule has 4 nitrogen and oxygen atoms in total. The molecule has 0 aliphatic carbocycles. The SMILES string of the molecule is C/C(=N\NC(=O)C(C)Oc1ccc(Cl)cc1C)c1ccc(C)s1. The first-order valence-corrected chi connectivity index (χ1v) is 8.40. The molecule has 0 radical (unpaired) electrons. The number of halogens is 1. The summed E-state index contributed by atoms with van der Waals surface area (Å²) >= 11 is 7.54. The Labute approximate surface area is 145 Å². The minimum absolute atomic E-state index is 0.299. The van der Waals surface area contributed by atoms with Gasteiger partial charge in [0, 0.05) is 9.90 Å². The first-order chi connectivity index (χ1) is 10.9. The summed E-state index contributed by atoms with van der Waals surface area (Å²) in [7, 11) is 0. The van der Waals surface area contributed by atoms with Gasteiger partial charge in [-0.25, -0.2) is 5.43 Å². The van der Waals surface area contributed by atoms with E-state index in [1.54, 1.807) is 36.5 Å². The van der Waals surface area contributed by atoms with Crippen molar-refractivity contribution in [2.75, 3.05) is 0 Å². The van der Waals surface area contributed by atoms with Gasteiger partial charge < -0.3 is 4.74 Å². The largest absolute Gasteiger partial charge is 0.481 e. The van der Waals surface area contributed by atoms with Crippen molar-refractivity contribution in [3.8, 4) is 5.75 Å². The number of amides is 1. The molecule has 0 aliphatic rings. The molecule has 23 heavy (non-hydrogen) atoms. The van der Waals surface area contributed by atoms with Gasteiger partial charge in [-0.1, -0.05) is 11.6 Å². The van der Waals surface area contributed by atoms with Gasteiger partial charge in [0.1, 0.15) is 5.75 Å². The quantitative estimate of drug-likeness (QED) is 0.644. The van der Waals surface area contributed by atoms with E-state index in [1.165, 1.54) is 4.88 Å². The fourth-order valence-corrected chi connectivity index (χ4v) is 2.94. The Morgan fingerprint density at radius 2 is 2.04 bits per heavy atom. The average Bonchev–Trinajstić information content (AvgIpc) is 2.93. The van der Waals surface area contributed by atoms with Crippen molar-refractivity contribution in [2.24, 2.45) is 5.10 Å². The predicted octanol–water partition coefficient (Wildman–Crippen LogP) is 4.33. The average molecular weight is 351 g/mol. The van der Waals surface area contributed by atoms with E-state index in [0.717, 1.165) is 16.2 Å². The van der Waals surface area contributed by atoms with Gasteiger partial charge in [0.25, 0.3) is 5.91 Å². The molecule has 1 amide bonds. The number of nitrogens with zero attached hydrogens (tertiary/aromatic N) is 1. The van der Waals surface area contributed by atoms with Crippen LogP contribution in [0.4, 0.5) is 0 Å². The lowest BCUT2D eigenvalue weighted by atomic mass is 10.2. The van der Waals surface area contributed by atoms with Gasteiger partial charge in [0.05, 0.1) is 10.6 Å². The maximum atomic E-state index is 12.1. The van der Waals surface area contributed by atoms with Crippen LogP contribution in [0.25, 0.3) is 0 Å².